The van der Waals surface area contributed by atoms with Crippen LogP contribution in [0.3, 0.4) is 0 Å². The van der Waals surface area contributed by atoms with Crippen LogP contribution in [0.2, 0.25) is 0 Å². The summed E-state index contributed by atoms with van der Waals surface area (Å²) in [6.45, 7) is 0. The van der Waals surface area contributed by atoms with Gasteiger partial charge >= 0.3 is 0 Å². The SMILES string of the molecule is N#Cc1cccc(Nc2nc(C3CC3)cs2)c1. The average molecular weight is 241 g/mol. The van der Waals surface area contributed by atoms with E-state index in [1.807, 2.05) is 18.2 Å². The zero-order chi connectivity index (χ0) is 11.7. The normalized spacial score (nSPS) is 14.3. The molecule has 0 atom stereocenters. The lowest BCUT2D eigenvalue weighted by Gasteiger charge is -2.01. The van der Waals surface area contributed by atoms with Crippen molar-refractivity contribution < 1.29 is 0 Å². The van der Waals surface area contributed by atoms with E-state index in [0.717, 1.165) is 10.8 Å². The Labute approximate surface area is 104 Å². The summed E-state index contributed by atoms with van der Waals surface area (Å²) in [4.78, 5) is 4.55. The Balaban J connectivity index is 1.78. The smallest absolute Gasteiger partial charge is 0.187 e. The maximum absolute atomic E-state index is 8.82. The molecular formula is C13H11N3S. The molecule has 3 nitrogen and oxygen atoms in total. The lowest BCUT2D eigenvalue weighted by Crippen LogP contribution is -1.90. The van der Waals surface area contributed by atoms with Crippen molar-refractivity contribution in [2.24, 2.45) is 0 Å². The molecule has 1 aromatic heterocycles. The van der Waals surface area contributed by atoms with Gasteiger partial charge < -0.3 is 5.32 Å². The Kier molecular flexibility index (Phi) is 2.54. The van der Waals surface area contributed by atoms with E-state index in [4.69, 9.17) is 5.26 Å². The third-order valence-electron chi connectivity index (χ3n) is 2.76. The maximum atomic E-state index is 8.82. The van der Waals surface area contributed by atoms with E-state index >= 15 is 0 Å². The summed E-state index contributed by atoms with van der Waals surface area (Å²) in [5, 5.41) is 15.1. The molecule has 0 spiro atoms. The highest BCUT2D eigenvalue weighted by molar-refractivity contribution is 7.13. The van der Waals surface area contributed by atoms with Crippen molar-refractivity contribution in [1.29, 1.82) is 5.26 Å². The Morgan fingerprint density at radius 3 is 3.06 bits per heavy atom. The van der Waals surface area contributed by atoms with E-state index < -0.39 is 0 Å². The standard InChI is InChI=1S/C13H11N3S/c14-7-9-2-1-3-11(6-9)15-13-16-12(8-17-13)10-4-5-10/h1-3,6,8,10H,4-5H2,(H,15,16). The minimum Gasteiger partial charge on any atom is -0.332 e. The summed E-state index contributed by atoms with van der Waals surface area (Å²) >= 11 is 1.62. The molecular weight excluding hydrogens is 230 g/mol. The molecule has 1 saturated carbocycles. The summed E-state index contributed by atoms with van der Waals surface area (Å²) in [5.74, 6) is 0.687. The number of anilines is 2. The summed E-state index contributed by atoms with van der Waals surface area (Å²) in [6, 6.07) is 9.57. The number of aromatic nitrogens is 1. The fraction of sp³-hybridized carbons (Fsp3) is 0.231. The summed E-state index contributed by atoms with van der Waals surface area (Å²) in [7, 11) is 0. The van der Waals surface area contributed by atoms with Gasteiger partial charge in [-0.1, -0.05) is 6.07 Å². The first-order chi connectivity index (χ1) is 8.35. The van der Waals surface area contributed by atoms with E-state index in [1.54, 1.807) is 17.4 Å². The fourth-order valence-corrected chi connectivity index (χ4v) is 2.51. The zero-order valence-corrected chi connectivity index (χ0v) is 10.00. The van der Waals surface area contributed by atoms with Crippen molar-refractivity contribution in [2.45, 2.75) is 18.8 Å². The van der Waals surface area contributed by atoms with Gasteiger partial charge in [-0.05, 0) is 31.0 Å². The quantitative estimate of drug-likeness (QED) is 0.892. The third kappa shape index (κ3) is 2.29. The Morgan fingerprint density at radius 2 is 2.29 bits per heavy atom. The number of rotatable bonds is 3. The van der Waals surface area contributed by atoms with Crippen LogP contribution in [0.5, 0.6) is 0 Å². The van der Waals surface area contributed by atoms with Crippen molar-refractivity contribution >= 4 is 22.2 Å². The van der Waals surface area contributed by atoms with Crippen LogP contribution in [0.1, 0.15) is 30.0 Å². The van der Waals surface area contributed by atoms with Gasteiger partial charge in [-0.25, -0.2) is 4.98 Å². The molecule has 0 unspecified atom stereocenters. The highest BCUT2D eigenvalue weighted by atomic mass is 32.1. The lowest BCUT2D eigenvalue weighted by molar-refractivity contribution is 1.05. The highest BCUT2D eigenvalue weighted by Crippen LogP contribution is 2.41. The number of hydrogen-bond acceptors (Lipinski definition) is 4. The van der Waals surface area contributed by atoms with E-state index in [-0.39, 0.29) is 0 Å². The molecule has 1 heterocycles. The second-order valence-electron chi connectivity index (χ2n) is 4.17. The Bertz CT molecular complexity index is 578. The van der Waals surface area contributed by atoms with Crippen LogP contribution < -0.4 is 5.32 Å². The molecule has 2 aromatic rings. The van der Waals surface area contributed by atoms with Gasteiger partial charge in [0.2, 0.25) is 0 Å². The topological polar surface area (TPSA) is 48.7 Å². The van der Waals surface area contributed by atoms with Crippen molar-refractivity contribution in [3.8, 4) is 6.07 Å². The van der Waals surface area contributed by atoms with Gasteiger partial charge in [0.25, 0.3) is 0 Å². The Hall–Kier alpha value is -1.86. The first-order valence-corrected chi connectivity index (χ1v) is 6.46. The van der Waals surface area contributed by atoms with Crippen molar-refractivity contribution in [3.05, 3.63) is 40.9 Å². The van der Waals surface area contributed by atoms with Gasteiger partial charge in [-0.2, -0.15) is 5.26 Å². The summed E-state index contributed by atoms with van der Waals surface area (Å²) in [6.07, 6.45) is 2.54. The van der Waals surface area contributed by atoms with Gasteiger partial charge in [0, 0.05) is 17.0 Å². The van der Waals surface area contributed by atoms with Gasteiger partial charge in [-0.3, -0.25) is 0 Å². The molecule has 17 heavy (non-hydrogen) atoms. The van der Waals surface area contributed by atoms with Crippen molar-refractivity contribution in [2.75, 3.05) is 5.32 Å². The summed E-state index contributed by atoms with van der Waals surface area (Å²) in [5.41, 5.74) is 2.78. The maximum Gasteiger partial charge on any atom is 0.187 e. The molecule has 1 aromatic carbocycles. The average Bonchev–Trinajstić information content (AvgIpc) is 3.11. The van der Waals surface area contributed by atoms with E-state index in [9.17, 15) is 0 Å². The highest BCUT2D eigenvalue weighted by Gasteiger charge is 2.25. The van der Waals surface area contributed by atoms with Crippen LogP contribution >= 0.6 is 11.3 Å². The molecule has 0 radical (unpaired) electrons. The van der Waals surface area contributed by atoms with Gasteiger partial charge in [0.05, 0.1) is 17.3 Å². The first-order valence-electron chi connectivity index (χ1n) is 5.58. The second kappa shape index (κ2) is 4.19. The molecule has 1 aliphatic rings. The van der Waals surface area contributed by atoms with E-state index in [1.165, 1.54) is 18.5 Å². The molecule has 0 saturated heterocycles. The van der Waals surface area contributed by atoms with Crippen molar-refractivity contribution in [3.63, 3.8) is 0 Å². The predicted molar refractivity (Wildman–Crippen MR) is 68.5 cm³/mol. The Morgan fingerprint density at radius 1 is 1.41 bits per heavy atom. The fourth-order valence-electron chi connectivity index (χ4n) is 1.70. The number of thiazole rings is 1. The van der Waals surface area contributed by atoms with Crippen LogP contribution in [0.15, 0.2) is 29.6 Å². The molecule has 1 aliphatic carbocycles. The minimum absolute atomic E-state index is 0.661. The molecule has 0 amide bonds. The van der Waals surface area contributed by atoms with E-state index in [0.29, 0.717) is 11.5 Å². The number of benzene rings is 1. The van der Waals surface area contributed by atoms with Gasteiger partial charge in [-0.15, -0.1) is 11.3 Å². The molecule has 84 valence electrons. The number of nitrogens with one attached hydrogen (secondary N) is 1. The van der Waals surface area contributed by atoms with Crippen LogP contribution in [0.4, 0.5) is 10.8 Å². The predicted octanol–water partition coefficient (Wildman–Crippen LogP) is 3.64. The molecule has 4 heteroatoms. The van der Waals surface area contributed by atoms with Crippen LogP contribution in [0, 0.1) is 11.3 Å². The molecule has 3 rings (SSSR count). The second-order valence-corrected chi connectivity index (χ2v) is 5.03. The van der Waals surface area contributed by atoms with E-state index in [2.05, 4.69) is 21.8 Å². The summed E-state index contributed by atoms with van der Waals surface area (Å²) < 4.78 is 0. The van der Waals surface area contributed by atoms with Gasteiger partial charge in [0.15, 0.2) is 5.13 Å². The number of nitrogens with zero attached hydrogens (tertiary/aromatic N) is 2. The van der Waals surface area contributed by atoms with Crippen LogP contribution in [-0.2, 0) is 0 Å². The van der Waals surface area contributed by atoms with Crippen LogP contribution in [-0.4, -0.2) is 4.98 Å². The molecule has 1 N–H and O–H groups in total. The van der Waals surface area contributed by atoms with Crippen molar-refractivity contribution in [1.82, 2.24) is 4.98 Å². The molecule has 0 bridgehead atoms. The first kappa shape index (κ1) is 10.3. The largest absolute Gasteiger partial charge is 0.332 e. The monoisotopic (exact) mass is 241 g/mol. The third-order valence-corrected chi connectivity index (χ3v) is 3.54. The minimum atomic E-state index is 0.661. The zero-order valence-electron chi connectivity index (χ0n) is 9.18. The molecule has 1 fully saturated rings. The number of nitriles is 1. The van der Waals surface area contributed by atoms with Gasteiger partial charge in [0.1, 0.15) is 0 Å². The van der Waals surface area contributed by atoms with Crippen LogP contribution in [0.25, 0.3) is 0 Å². The number of hydrogen-bond donors (Lipinski definition) is 1. The molecule has 0 aliphatic heterocycles. The lowest BCUT2D eigenvalue weighted by atomic mass is 10.2.